The Kier molecular flexibility index (Phi) is 8.12. The first kappa shape index (κ1) is 17.7. The van der Waals surface area contributed by atoms with E-state index in [9.17, 15) is 9.59 Å². The molecule has 1 atom stereocenters. The minimum absolute atomic E-state index is 0.0331. The van der Waals surface area contributed by atoms with E-state index in [1.54, 1.807) is 6.08 Å². The molecule has 4 heteroatoms. The SMILES string of the molecule is C=CCCC(=O)NCCC(CCC(=O)O)C(C)(C)C. The van der Waals surface area contributed by atoms with E-state index in [4.69, 9.17) is 5.11 Å². The van der Waals surface area contributed by atoms with Crippen molar-refractivity contribution >= 4 is 11.9 Å². The number of carbonyl (C=O) groups is 2. The van der Waals surface area contributed by atoms with Crippen LogP contribution in [0.5, 0.6) is 0 Å². The molecule has 0 aromatic carbocycles. The lowest BCUT2D eigenvalue weighted by Gasteiger charge is -2.30. The van der Waals surface area contributed by atoms with E-state index in [0.717, 1.165) is 6.42 Å². The van der Waals surface area contributed by atoms with Crippen molar-refractivity contribution in [1.82, 2.24) is 5.32 Å². The highest BCUT2D eigenvalue weighted by Gasteiger charge is 2.24. The van der Waals surface area contributed by atoms with E-state index in [1.807, 2.05) is 0 Å². The quantitative estimate of drug-likeness (QED) is 0.632. The van der Waals surface area contributed by atoms with Crippen LogP contribution in [0.2, 0.25) is 0 Å². The van der Waals surface area contributed by atoms with Crippen molar-refractivity contribution in [3.63, 3.8) is 0 Å². The van der Waals surface area contributed by atoms with Crippen molar-refractivity contribution in [2.45, 2.75) is 52.9 Å². The average molecular weight is 269 g/mol. The Morgan fingerprint density at radius 3 is 2.37 bits per heavy atom. The highest BCUT2D eigenvalue weighted by atomic mass is 16.4. The van der Waals surface area contributed by atoms with Crippen LogP contribution in [-0.4, -0.2) is 23.5 Å². The summed E-state index contributed by atoms with van der Waals surface area (Å²) in [7, 11) is 0. The number of carboxylic acids is 1. The molecule has 0 bridgehead atoms. The smallest absolute Gasteiger partial charge is 0.303 e. The zero-order chi connectivity index (χ0) is 14.9. The van der Waals surface area contributed by atoms with Crippen LogP contribution in [0.1, 0.15) is 52.9 Å². The molecule has 19 heavy (non-hydrogen) atoms. The highest BCUT2D eigenvalue weighted by Crippen LogP contribution is 2.32. The molecular formula is C15H27NO3. The minimum Gasteiger partial charge on any atom is -0.481 e. The molecule has 0 aromatic rings. The molecule has 0 aliphatic heterocycles. The standard InChI is InChI=1S/C15H27NO3/c1-5-6-7-13(17)16-11-10-12(15(2,3)4)8-9-14(18)19/h5,12H,1,6-11H2,2-4H3,(H,16,17)(H,18,19). The monoisotopic (exact) mass is 269 g/mol. The first-order valence-electron chi connectivity index (χ1n) is 6.86. The third-order valence-corrected chi connectivity index (χ3v) is 3.32. The molecule has 0 spiro atoms. The lowest BCUT2D eigenvalue weighted by Crippen LogP contribution is -2.29. The largest absolute Gasteiger partial charge is 0.481 e. The Labute approximate surface area is 116 Å². The number of aliphatic carboxylic acids is 1. The van der Waals surface area contributed by atoms with Gasteiger partial charge in [0.1, 0.15) is 0 Å². The number of nitrogens with one attached hydrogen (secondary N) is 1. The predicted octanol–water partition coefficient (Wildman–Crippen LogP) is 2.99. The topological polar surface area (TPSA) is 66.4 Å². The van der Waals surface area contributed by atoms with Crippen molar-refractivity contribution < 1.29 is 14.7 Å². The molecule has 1 unspecified atom stereocenters. The fourth-order valence-corrected chi connectivity index (χ4v) is 2.02. The van der Waals surface area contributed by atoms with Gasteiger partial charge >= 0.3 is 5.97 Å². The molecule has 0 aromatic heterocycles. The molecule has 2 N–H and O–H groups in total. The number of carboxylic acid groups (broad SMARTS) is 1. The second kappa shape index (κ2) is 8.73. The number of hydrogen-bond donors (Lipinski definition) is 2. The summed E-state index contributed by atoms with van der Waals surface area (Å²) in [6.07, 6.45) is 4.54. The fraction of sp³-hybridized carbons (Fsp3) is 0.733. The van der Waals surface area contributed by atoms with Crippen molar-refractivity contribution in [3.8, 4) is 0 Å². The summed E-state index contributed by atoms with van der Waals surface area (Å²) in [6, 6.07) is 0. The van der Waals surface area contributed by atoms with Gasteiger partial charge in [-0.05, 0) is 30.6 Å². The Morgan fingerprint density at radius 2 is 1.89 bits per heavy atom. The van der Waals surface area contributed by atoms with E-state index in [1.165, 1.54) is 0 Å². The van der Waals surface area contributed by atoms with Crippen LogP contribution >= 0.6 is 0 Å². The summed E-state index contributed by atoms with van der Waals surface area (Å²) in [5, 5.41) is 11.6. The molecule has 0 fully saturated rings. The Balaban J connectivity index is 4.09. The van der Waals surface area contributed by atoms with Gasteiger partial charge < -0.3 is 10.4 Å². The number of amides is 1. The van der Waals surface area contributed by atoms with Crippen LogP contribution in [0, 0.1) is 11.3 Å². The summed E-state index contributed by atoms with van der Waals surface area (Å²) in [5.74, 6) is -0.432. The Morgan fingerprint density at radius 1 is 1.26 bits per heavy atom. The van der Waals surface area contributed by atoms with Crippen LogP contribution in [0.15, 0.2) is 12.7 Å². The van der Waals surface area contributed by atoms with Crippen LogP contribution in [0.3, 0.4) is 0 Å². The van der Waals surface area contributed by atoms with Crippen molar-refractivity contribution in [1.29, 1.82) is 0 Å². The number of hydrogen-bond acceptors (Lipinski definition) is 2. The molecule has 0 aliphatic rings. The second-order valence-electron chi connectivity index (χ2n) is 5.96. The van der Waals surface area contributed by atoms with Gasteiger partial charge in [-0.25, -0.2) is 0 Å². The van der Waals surface area contributed by atoms with Crippen LogP contribution in [-0.2, 0) is 9.59 Å². The third kappa shape index (κ3) is 9.28. The number of carbonyl (C=O) groups excluding carboxylic acids is 1. The minimum atomic E-state index is -0.760. The third-order valence-electron chi connectivity index (χ3n) is 3.32. The normalized spacial score (nSPS) is 12.8. The van der Waals surface area contributed by atoms with Crippen molar-refractivity contribution in [3.05, 3.63) is 12.7 Å². The molecule has 1 amide bonds. The van der Waals surface area contributed by atoms with Gasteiger partial charge in [-0.15, -0.1) is 6.58 Å². The molecule has 0 saturated heterocycles. The number of allylic oxidation sites excluding steroid dienone is 1. The maximum atomic E-state index is 11.4. The summed E-state index contributed by atoms with van der Waals surface area (Å²) in [5.41, 5.74) is 0.0568. The summed E-state index contributed by atoms with van der Waals surface area (Å²) < 4.78 is 0. The van der Waals surface area contributed by atoms with Gasteiger partial charge in [0.15, 0.2) is 0 Å². The van der Waals surface area contributed by atoms with E-state index < -0.39 is 5.97 Å². The zero-order valence-electron chi connectivity index (χ0n) is 12.4. The zero-order valence-corrected chi connectivity index (χ0v) is 12.4. The first-order valence-corrected chi connectivity index (χ1v) is 6.86. The van der Waals surface area contributed by atoms with Crippen LogP contribution in [0.25, 0.3) is 0 Å². The molecule has 4 nitrogen and oxygen atoms in total. The Hall–Kier alpha value is -1.32. The lowest BCUT2D eigenvalue weighted by molar-refractivity contribution is -0.137. The molecule has 0 heterocycles. The van der Waals surface area contributed by atoms with Crippen LogP contribution < -0.4 is 5.32 Å². The van der Waals surface area contributed by atoms with Crippen LogP contribution in [0.4, 0.5) is 0 Å². The maximum Gasteiger partial charge on any atom is 0.303 e. The Bertz CT molecular complexity index is 305. The van der Waals surface area contributed by atoms with Gasteiger partial charge in [-0.2, -0.15) is 0 Å². The summed E-state index contributed by atoms with van der Waals surface area (Å²) in [6.45, 7) is 10.5. The fourth-order valence-electron chi connectivity index (χ4n) is 2.02. The van der Waals surface area contributed by atoms with Gasteiger partial charge in [-0.1, -0.05) is 26.8 Å². The molecule has 0 saturated carbocycles. The van der Waals surface area contributed by atoms with E-state index in [0.29, 0.717) is 31.7 Å². The van der Waals surface area contributed by atoms with Crippen molar-refractivity contribution in [2.24, 2.45) is 11.3 Å². The molecule has 0 aliphatic carbocycles. The summed E-state index contributed by atoms with van der Waals surface area (Å²) >= 11 is 0. The predicted molar refractivity (Wildman–Crippen MR) is 76.9 cm³/mol. The molecule has 0 rings (SSSR count). The molecule has 110 valence electrons. The lowest BCUT2D eigenvalue weighted by atomic mass is 9.76. The van der Waals surface area contributed by atoms with Gasteiger partial charge in [0, 0.05) is 19.4 Å². The molecular weight excluding hydrogens is 242 g/mol. The highest BCUT2D eigenvalue weighted by molar-refractivity contribution is 5.75. The van der Waals surface area contributed by atoms with E-state index >= 15 is 0 Å². The average Bonchev–Trinajstić information content (AvgIpc) is 2.28. The summed E-state index contributed by atoms with van der Waals surface area (Å²) in [4.78, 5) is 22.1. The van der Waals surface area contributed by atoms with Gasteiger partial charge in [-0.3, -0.25) is 9.59 Å². The second-order valence-corrected chi connectivity index (χ2v) is 5.96. The molecule has 0 radical (unpaired) electrons. The van der Waals surface area contributed by atoms with E-state index in [2.05, 4.69) is 32.7 Å². The van der Waals surface area contributed by atoms with Gasteiger partial charge in [0.25, 0.3) is 0 Å². The van der Waals surface area contributed by atoms with Gasteiger partial charge in [0.05, 0.1) is 0 Å². The maximum absolute atomic E-state index is 11.4. The van der Waals surface area contributed by atoms with E-state index in [-0.39, 0.29) is 17.7 Å². The number of rotatable bonds is 9. The van der Waals surface area contributed by atoms with Gasteiger partial charge in [0.2, 0.25) is 5.91 Å². The van der Waals surface area contributed by atoms with Crippen molar-refractivity contribution in [2.75, 3.05) is 6.54 Å². The first-order chi connectivity index (χ1) is 8.77.